The van der Waals surface area contributed by atoms with E-state index < -0.39 is 0 Å². The van der Waals surface area contributed by atoms with E-state index in [9.17, 15) is 0 Å². The van der Waals surface area contributed by atoms with Crippen molar-refractivity contribution >= 4 is 14.5 Å². The van der Waals surface area contributed by atoms with E-state index in [1.54, 1.807) is 4.57 Å². The van der Waals surface area contributed by atoms with Crippen molar-refractivity contribution in [2.45, 2.75) is 40.2 Å². The quantitative estimate of drug-likeness (QED) is 0.533. The van der Waals surface area contributed by atoms with Crippen LogP contribution in [0.15, 0.2) is 4.94 Å². The molecule has 1 heterocycles. The summed E-state index contributed by atoms with van der Waals surface area (Å²) in [5, 5.41) is 0. The SMILES string of the molecule is CCCC[n+]1c(C)c[se]c1C. The molecule has 0 fully saturated rings. The fraction of sp³-hybridized carbons (Fsp3) is 0.667. The van der Waals surface area contributed by atoms with Gasteiger partial charge < -0.3 is 0 Å². The van der Waals surface area contributed by atoms with E-state index in [1.807, 2.05) is 0 Å². The molecule has 62 valence electrons. The number of nitrogens with zero attached hydrogens (tertiary/aromatic N) is 1. The van der Waals surface area contributed by atoms with Crippen LogP contribution >= 0.6 is 0 Å². The minimum absolute atomic E-state index is 0.651. The predicted molar refractivity (Wildman–Crippen MR) is 48.0 cm³/mol. The Kier molecular flexibility index (Phi) is 3.35. The molecule has 0 amide bonds. The summed E-state index contributed by atoms with van der Waals surface area (Å²) in [4.78, 5) is 2.37. The molecular weight excluding hydrogens is 201 g/mol. The molecule has 1 rings (SSSR count). The Labute approximate surface area is 74.8 Å². The van der Waals surface area contributed by atoms with Crippen molar-refractivity contribution in [3.63, 3.8) is 0 Å². The van der Waals surface area contributed by atoms with Gasteiger partial charge in [-0.1, -0.05) is 0 Å². The molecule has 1 aromatic heterocycles. The summed E-state index contributed by atoms with van der Waals surface area (Å²) in [7, 11) is 0. The Balaban J connectivity index is 2.67. The van der Waals surface area contributed by atoms with Gasteiger partial charge in [0.25, 0.3) is 0 Å². The monoisotopic (exact) mass is 218 g/mol. The van der Waals surface area contributed by atoms with E-state index in [-0.39, 0.29) is 0 Å². The van der Waals surface area contributed by atoms with Crippen molar-refractivity contribution in [2.24, 2.45) is 0 Å². The van der Waals surface area contributed by atoms with Gasteiger partial charge in [-0.3, -0.25) is 0 Å². The Bertz CT molecular complexity index is 208. The molecule has 0 aliphatic rings. The van der Waals surface area contributed by atoms with Crippen LogP contribution in [0.4, 0.5) is 0 Å². The maximum absolute atomic E-state index is 2.46. The third-order valence-corrected chi connectivity index (χ3v) is 4.08. The van der Waals surface area contributed by atoms with E-state index in [2.05, 4.69) is 30.3 Å². The van der Waals surface area contributed by atoms with Crippen molar-refractivity contribution in [1.82, 2.24) is 0 Å². The predicted octanol–water partition coefficient (Wildman–Crippen LogP) is 1.45. The van der Waals surface area contributed by atoms with Gasteiger partial charge in [-0.15, -0.1) is 0 Å². The first-order valence-corrected chi connectivity index (χ1v) is 6.04. The van der Waals surface area contributed by atoms with Gasteiger partial charge in [0, 0.05) is 0 Å². The summed E-state index contributed by atoms with van der Waals surface area (Å²) < 4.78 is 4.03. The Morgan fingerprint density at radius 3 is 2.64 bits per heavy atom. The van der Waals surface area contributed by atoms with Crippen LogP contribution in [0.2, 0.25) is 0 Å². The number of aromatic nitrogens is 1. The molecule has 1 nitrogen and oxygen atoms in total. The molecule has 0 saturated carbocycles. The molecular formula is C9H16NSe+. The molecule has 0 aliphatic carbocycles. The van der Waals surface area contributed by atoms with Crippen molar-refractivity contribution < 1.29 is 4.57 Å². The summed E-state index contributed by atoms with van der Waals surface area (Å²) in [5.74, 6) is 0. The van der Waals surface area contributed by atoms with Gasteiger partial charge in [-0.05, 0) is 0 Å². The van der Waals surface area contributed by atoms with Gasteiger partial charge in [-0.2, -0.15) is 0 Å². The fourth-order valence-corrected chi connectivity index (χ4v) is 2.94. The zero-order chi connectivity index (χ0) is 8.27. The van der Waals surface area contributed by atoms with Crippen molar-refractivity contribution in [1.29, 1.82) is 0 Å². The van der Waals surface area contributed by atoms with Crippen LogP contribution < -0.4 is 4.57 Å². The maximum atomic E-state index is 2.46. The number of hydrogen-bond donors (Lipinski definition) is 0. The van der Waals surface area contributed by atoms with Gasteiger partial charge in [0.15, 0.2) is 0 Å². The standard InChI is InChI=1S/C9H16NSe/c1-4-5-6-10-8(2)7-11-9(10)3/h7H,4-6H2,1-3H3/q+1. The van der Waals surface area contributed by atoms with Crippen molar-refractivity contribution in [2.75, 3.05) is 0 Å². The van der Waals surface area contributed by atoms with E-state index in [0.29, 0.717) is 14.5 Å². The van der Waals surface area contributed by atoms with Crippen LogP contribution in [0.5, 0.6) is 0 Å². The van der Waals surface area contributed by atoms with Gasteiger partial charge in [0.1, 0.15) is 0 Å². The van der Waals surface area contributed by atoms with Crippen LogP contribution in [0, 0.1) is 13.8 Å². The molecule has 0 aromatic carbocycles. The van der Waals surface area contributed by atoms with Crippen LogP contribution in [-0.4, -0.2) is 14.5 Å². The van der Waals surface area contributed by atoms with E-state index in [1.165, 1.54) is 25.1 Å². The van der Waals surface area contributed by atoms with Gasteiger partial charge in [0.2, 0.25) is 0 Å². The van der Waals surface area contributed by atoms with Gasteiger partial charge >= 0.3 is 74.4 Å². The normalized spacial score (nSPS) is 10.5. The number of rotatable bonds is 3. The molecule has 0 N–H and O–H groups in total. The molecule has 0 bridgehead atoms. The van der Waals surface area contributed by atoms with Crippen molar-refractivity contribution in [3.05, 3.63) is 15.2 Å². The zero-order valence-corrected chi connectivity index (χ0v) is 9.27. The summed E-state index contributed by atoms with van der Waals surface area (Å²) in [6.07, 6.45) is 2.61. The second-order valence-corrected chi connectivity index (χ2v) is 5.13. The molecule has 0 radical (unpaired) electrons. The average Bonchev–Trinajstić information content (AvgIpc) is 2.29. The topological polar surface area (TPSA) is 3.88 Å². The van der Waals surface area contributed by atoms with Gasteiger partial charge in [-0.25, -0.2) is 0 Å². The minimum atomic E-state index is 0.651. The zero-order valence-electron chi connectivity index (χ0n) is 7.55. The fourth-order valence-electron chi connectivity index (χ4n) is 1.20. The first-order valence-electron chi connectivity index (χ1n) is 4.20. The molecule has 0 saturated heterocycles. The van der Waals surface area contributed by atoms with Crippen LogP contribution in [0.1, 0.15) is 30.0 Å². The van der Waals surface area contributed by atoms with Crippen LogP contribution in [0.3, 0.4) is 0 Å². The summed E-state index contributed by atoms with van der Waals surface area (Å²) >= 11 is 0.651. The second-order valence-electron chi connectivity index (χ2n) is 2.90. The van der Waals surface area contributed by atoms with Gasteiger partial charge in [0.05, 0.1) is 0 Å². The van der Waals surface area contributed by atoms with E-state index in [0.717, 1.165) is 0 Å². The second kappa shape index (κ2) is 4.08. The Hall–Kier alpha value is -0.0705. The third-order valence-electron chi connectivity index (χ3n) is 1.94. The molecule has 2 heteroatoms. The van der Waals surface area contributed by atoms with Crippen LogP contribution in [0.25, 0.3) is 0 Å². The van der Waals surface area contributed by atoms with Crippen LogP contribution in [-0.2, 0) is 6.54 Å². The third kappa shape index (κ3) is 2.18. The first-order chi connectivity index (χ1) is 5.25. The number of hydrogen-bond acceptors (Lipinski definition) is 0. The molecule has 0 atom stereocenters. The summed E-state index contributed by atoms with van der Waals surface area (Å²) in [6, 6.07) is 0. The van der Waals surface area contributed by atoms with E-state index >= 15 is 0 Å². The molecule has 0 spiro atoms. The number of aryl methyl sites for hydroxylation is 2. The molecule has 0 aliphatic heterocycles. The van der Waals surface area contributed by atoms with E-state index in [4.69, 9.17) is 0 Å². The summed E-state index contributed by atoms with van der Waals surface area (Å²) in [5.41, 5.74) is 1.47. The number of unbranched alkanes of at least 4 members (excludes halogenated alkanes) is 1. The van der Waals surface area contributed by atoms with Crippen molar-refractivity contribution in [3.8, 4) is 0 Å². The first kappa shape index (κ1) is 9.02. The summed E-state index contributed by atoms with van der Waals surface area (Å²) in [6.45, 7) is 7.94. The molecule has 11 heavy (non-hydrogen) atoms. The molecule has 0 unspecified atom stereocenters. The Morgan fingerprint density at radius 2 is 2.18 bits per heavy atom. The average molecular weight is 217 g/mol. The molecule has 1 aromatic rings. The Morgan fingerprint density at radius 1 is 1.45 bits per heavy atom.